The molecule has 6 heteroatoms. The lowest BCUT2D eigenvalue weighted by molar-refractivity contribution is 0.0649. The molecule has 1 aromatic rings. The maximum atomic E-state index is 11.9. The average Bonchev–Trinajstić information content (AvgIpc) is 2.77. The molecule has 1 amide bonds. The molecule has 0 bridgehead atoms. The highest BCUT2D eigenvalue weighted by molar-refractivity contribution is 5.94. The van der Waals surface area contributed by atoms with E-state index in [2.05, 4.69) is 16.3 Å². The fourth-order valence-electron chi connectivity index (χ4n) is 1.34. The van der Waals surface area contributed by atoms with E-state index in [0.717, 1.165) is 12.5 Å². The molecular weight excluding hydrogens is 224 g/mol. The van der Waals surface area contributed by atoms with Gasteiger partial charge in [0.2, 0.25) is 5.76 Å². The summed E-state index contributed by atoms with van der Waals surface area (Å²) in [6.45, 7) is 6.45. The van der Waals surface area contributed by atoms with Gasteiger partial charge in [-0.15, -0.1) is 6.58 Å². The molecule has 0 aromatic carbocycles. The molecule has 0 atom stereocenters. The van der Waals surface area contributed by atoms with Gasteiger partial charge in [0.1, 0.15) is 0 Å². The summed E-state index contributed by atoms with van der Waals surface area (Å²) in [5.74, 6) is -1.95. The van der Waals surface area contributed by atoms with Crippen molar-refractivity contribution in [2.24, 2.45) is 0 Å². The minimum Gasteiger partial charge on any atom is -0.475 e. The molecule has 0 aliphatic heterocycles. The lowest BCUT2D eigenvalue weighted by Gasteiger charge is -2.18. The van der Waals surface area contributed by atoms with Crippen LogP contribution in [0.1, 0.15) is 34.4 Å². The molecule has 6 nitrogen and oxygen atoms in total. The average molecular weight is 238 g/mol. The molecule has 17 heavy (non-hydrogen) atoms. The van der Waals surface area contributed by atoms with Crippen LogP contribution in [-0.4, -0.2) is 40.1 Å². The first-order valence-electron chi connectivity index (χ1n) is 5.20. The number of rotatable bonds is 6. The normalized spacial score (nSPS) is 9.94. The highest BCUT2D eigenvalue weighted by atomic mass is 16.5. The SMILES string of the molecule is C=CCN(CCC)C(=O)c1cc(C(=O)O)on1. The highest BCUT2D eigenvalue weighted by Crippen LogP contribution is 2.07. The Morgan fingerprint density at radius 1 is 1.65 bits per heavy atom. The van der Waals surface area contributed by atoms with Crippen molar-refractivity contribution in [2.75, 3.05) is 13.1 Å². The van der Waals surface area contributed by atoms with Crippen LogP contribution in [0.5, 0.6) is 0 Å². The highest BCUT2D eigenvalue weighted by Gasteiger charge is 2.20. The van der Waals surface area contributed by atoms with Gasteiger partial charge < -0.3 is 14.5 Å². The summed E-state index contributed by atoms with van der Waals surface area (Å²) in [6.07, 6.45) is 2.40. The maximum Gasteiger partial charge on any atom is 0.374 e. The van der Waals surface area contributed by atoms with Gasteiger partial charge in [0, 0.05) is 19.2 Å². The summed E-state index contributed by atoms with van der Waals surface area (Å²) in [6, 6.07) is 1.12. The largest absolute Gasteiger partial charge is 0.475 e. The first kappa shape index (κ1) is 13.0. The zero-order valence-electron chi connectivity index (χ0n) is 9.55. The Labute approximate surface area is 98.5 Å². The number of carbonyl (C=O) groups excluding carboxylic acids is 1. The second-order valence-electron chi connectivity index (χ2n) is 3.42. The van der Waals surface area contributed by atoms with Crippen LogP contribution in [0.4, 0.5) is 0 Å². The predicted octanol–water partition coefficient (Wildman–Crippen LogP) is 1.41. The van der Waals surface area contributed by atoms with Crippen LogP contribution in [0.3, 0.4) is 0 Å². The van der Waals surface area contributed by atoms with Crippen LogP contribution in [0, 0.1) is 0 Å². The smallest absolute Gasteiger partial charge is 0.374 e. The summed E-state index contributed by atoms with van der Waals surface area (Å²) < 4.78 is 4.53. The second kappa shape index (κ2) is 5.83. The van der Waals surface area contributed by atoms with Crippen LogP contribution in [0.15, 0.2) is 23.2 Å². The van der Waals surface area contributed by atoms with E-state index in [1.807, 2.05) is 6.92 Å². The first-order valence-corrected chi connectivity index (χ1v) is 5.20. The third-order valence-corrected chi connectivity index (χ3v) is 2.07. The number of aromatic carboxylic acids is 1. The van der Waals surface area contributed by atoms with Gasteiger partial charge in [0.15, 0.2) is 5.69 Å². The van der Waals surface area contributed by atoms with Crippen LogP contribution in [0.2, 0.25) is 0 Å². The summed E-state index contributed by atoms with van der Waals surface area (Å²) >= 11 is 0. The molecule has 0 aliphatic rings. The van der Waals surface area contributed by atoms with Crippen molar-refractivity contribution in [2.45, 2.75) is 13.3 Å². The standard InChI is InChI=1S/C11H14N2O4/c1-3-5-13(6-4-2)10(14)8-7-9(11(15)16)17-12-8/h3,7H,1,4-6H2,2H3,(H,15,16). The molecular formula is C11H14N2O4. The van der Waals surface area contributed by atoms with Crippen LogP contribution >= 0.6 is 0 Å². The van der Waals surface area contributed by atoms with Crippen molar-refractivity contribution in [3.05, 3.63) is 30.2 Å². The van der Waals surface area contributed by atoms with E-state index in [1.54, 1.807) is 6.08 Å². The Balaban J connectivity index is 2.84. The Morgan fingerprint density at radius 3 is 2.82 bits per heavy atom. The fraction of sp³-hybridized carbons (Fsp3) is 0.364. The minimum atomic E-state index is -1.25. The van der Waals surface area contributed by atoms with Crippen LogP contribution in [0.25, 0.3) is 0 Å². The topological polar surface area (TPSA) is 83.6 Å². The number of amides is 1. The number of carbonyl (C=O) groups is 2. The number of carboxylic acid groups (broad SMARTS) is 1. The molecule has 92 valence electrons. The van der Waals surface area contributed by atoms with E-state index in [-0.39, 0.29) is 17.4 Å². The maximum absolute atomic E-state index is 11.9. The molecule has 1 heterocycles. The number of hydrogen-bond donors (Lipinski definition) is 1. The Morgan fingerprint density at radius 2 is 2.35 bits per heavy atom. The van der Waals surface area contributed by atoms with Gasteiger partial charge in [-0.1, -0.05) is 18.2 Å². The molecule has 0 saturated heterocycles. The van der Waals surface area contributed by atoms with E-state index >= 15 is 0 Å². The van der Waals surface area contributed by atoms with Gasteiger partial charge in [-0.3, -0.25) is 4.79 Å². The third kappa shape index (κ3) is 3.17. The van der Waals surface area contributed by atoms with E-state index in [9.17, 15) is 9.59 Å². The summed E-state index contributed by atoms with van der Waals surface area (Å²) in [4.78, 5) is 24.0. The van der Waals surface area contributed by atoms with E-state index in [1.165, 1.54) is 4.90 Å². The zero-order valence-corrected chi connectivity index (χ0v) is 9.55. The van der Waals surface area contributed by atoms with Gasteiger partial charge in [-0.2, -0.15) is 0 Å². The lowest BCUT2D eigenvalue weighted by Crippen LogP contribution is -2.32. The Kier molecular flexibility index (Phi) is 4.45. The number of hydrogen-bond acceptors (Lipinski definition) is 4. The Bertz CT molecular complexity index is 425. The van der Waals surface area contributed by atoms with E-state index in [4.69, 9.17) is 5.11 Å². The quantitative estimate of drug-likeness (QED) is 0.757. The van der Waals surface area contributed by atoms with Gasteiger partial charge in [-0.05, 0) is 6.42 Å². The lowest BCUT2D eigenvalue weighted by atomic mass is 10.3. The number of aromatic nitrogens is 1. The fourth-order valence-corrected chi connectivity index (χ4v) is 1.34. The van der Waals surface area contributed by atoms with Crippen molar-refractivity contribution >= 4 is 11.9 Å². The molecule has 0 radical (unpaired) electrons. The zero-order chi connectivity index (χ0) is 12.8. The second-order valence-corrected chi connectivity index (χ2v) is 3.42. The van der Waals surface area contributed by atoms with E-state index in [0.29, 0.717) is 13.1 Å². The predicted molar refractivity (Wildman–Crippen MR) is 59.9 cm³/mol. The van der Waals surface area contributed by atoms with Gasteiger partial charge >= 0.3 is 5.97 Å². The molecule has 1 rings (SSSR count). The molecule has 0 saturated carbocycles. The molecule has 0 unspecified atom stereocenters. The van der Waals surface area contributed by atoms with Gasteiger partial charge in [-0.25, -0.2) is 4.79 Å². The Hall–Kier alpha value is -2.11. The minimum absolute atomic E-state index is 0.00213. The van der Waals surface area contributed by atoms with Crippen molar-refractivity contribution in [3.63, 3.8) is 0 Å². The molecule has 1 N–H and O–H groups in total. The summed E-state index contributed by atoms with van der Waals surface area (Å²) in [5, 5.41) is 12.1. The summed E-state index contributed by atoms with van der Waals surface area (Å²) in [5.41, 5.74) is -0.00213. The molecule has 1 aromatic heterocycles. The first-order chi connectivity index (χ1) is 8.10. The number of carboxylic acids is 1. The van der Waals surface area contributed by atoms with Crippen molar-refractivity contribution in [1.82, 2.24) is 10.1 Å². The van der Waals surface area contributed by atoms with E-state index < -0.39 is 5.97 Å². The monoisotopic (exact) mass is 238 g/mol. The molecule has 0 fully saturated rings. The van der Waals surface area contributed by atoms with Crippen LogP contribution < -0.4 is 0 Å². The van der Waals surface area contributed by atoms with Crippen molar-refractivity contribution in [1.29, 1.82) is 0 Å². The van der Waals surface area contributed by atoms with Gasteiger partial charge in [0.25, 0.3) is 5.91 Å². The van der Waals surface area contributed by atoms with Gasteiger partial charge in [0.05, 0.1) is 0 Å². The van der Waals surface area contributed by atoms with Crippen LogP contribution in [-0.2, 0) is 0 Å². The third-order valence-electron chi connectivity index (χ3n) is 2.07. The molecule has 0 aliphatic carbocycles. The van der Waals surface area contributed by atoms with Crippen molar-refractivity contribution in [3.8, 4) is 0 Å². The molecule has 0 spiro atoms. The van der Waals surface area contributed by atoms with Crippen molar-refractivity contribution < 1.29 is 19.2 Å². The number of nitrogens with zero attached hydrogens (tertiary/aromatic N) is 2. The summed E-state index contributed by atoms with van der Waals surface area (Å²) in [7, 11) is 0.